The molecule has 7 heteroatoms. The second-order valence-electron chi connectivity index (χ2n) is 4.97. The van der Waals surface area contributed by atoms with Crippen molar-refractivity contribution in [3.8, 4) is 0 Å². The van der Waals surface area contributed by atoms with Gasteiger partial charge in [0.25, 0.3) is 5.91 Å². The zero-order chi connectivity index (χ0) is 17.5. The average Bonchev–Trinajstić information content (AvgIpc) is 3.11. The van der Waals surface area contributed by atoms with Crippen molar-refractivity contribution in [3.05, 3.63) is 57.8 Å². The summed E-state index contributed by atoms with van der Waals surface area (Å²) in [5.41, 5.74) is 0.595. The number of benzene rings is 1. The van der Waals surface area contributed by atoms with Gasteiger partial charge in [-0.3, -0.25) is 4.79 Å². The number of amides is 1. The lowest BCUT2D eigenvalue weighted by atomic mass is 10.1. The summed E-state index contributed by atoms with van der Waals surface area (Å²) in [4.78, 5) is 37.8. The molecule has 0 aliphatic heterocycles. The van der Waals surface area contributed by atoms with Crippen molar-refractivity contribution in [1.82, 2.24) is 4.90 Å². The Bertz CT molecular complexity index is 709. The molecule has 2 rings (SSSR count). The second-order valence-corrected chi connectivity index (χ2v) is 6.01. The summed E-state index contributed by atoms with van der Waals surface area (Å²) < 4.78 is 9.59. The Hall–Kier alpha value is -2.67. The molecule has 0 N–H and O–H groups in total. The summed E-state index contributed by atoms with van der Waals surface area (Å²) in [6.45, 7) is 0.140. The van der Waals surface area contributed by atoms with E-state index < -0.39 is 11.9 Å². The van der Waals surface area contributed by atoms with E-state index in [-0.39, 0.29) is 18.1 Å². The number of ether oxygens (including phenoxy) is 2. The number of likely N-dealkylation sites (N-methyl/N-ethyl adjacent to an activating group) is 1. The number of esters is 2. The Morgan fingerprint density at radius 3 is 2.21 bits per heavy atom. The molecule has 1 aromatic carbocycles. The van der Waals surface area contributed by atoms with E-state index in [9.17, 15) is 14.4 Å². The Labute approximate surface area is 143 Å². The van der Waals surface area contributed by atoms with Gasteiger partial charge in [-0.25, -0.2) is 9.59 Å². The van der Waals surface area contributed by atoms with E-state index >= 15 is 0 Å². The largest absolute Gasteiger partial charge is 0.465 e. The zero-order valence-corrected chi connectivity index (χ0v) is 14.2. The molecule has 0 fully saturated rings. The fourth-order valence-corrected chi connectivity index (χ4v) is 2.66. The molecule has 1 amide bonds. The lowest BCUT2D eigenvalue weighted by Gasteiger charge is -2.16. The number of rotatable bonds is 6. The number of carbonyl (C=O) groups excluding carboxylic acids is 3. The van der Waals surface area contributed by atoms with Crippen LogP contribution in [0.1, 0.15) is 25.6 Å². The van der Waals surface area contributed by atoms with E-state index in [0.29, 0.717) is 12.1 Å². The first-order valence-corrected chi connectivity index (χ1v) is 8.01. The van der Waals surface area contributed by atoms with Gasteiger partial charge in [-0.15, -0.1) is 11.3 Å². The van der Waals surface area contributed by atoms with Crippen LogP contribution >= 0.6 is 11.3 Å². The van der Waals surface area contributed by atoms with Crippen LogP contribution in [-0.4, -0.2) is 43.5 Å². The fourth-order valence-electron chi connectivity index (χ4n) is 1.91. The fraction of sp³-hybridized carbons (Fsp3) is 0.235. The van der Waals surface area contributed by atoms with Gasteiger partial charge in [-0.1, -0.05) is 6.07 Å². The highest BCUT2D eigenvalue weighted by atomic mass is 32.1. The summed E-state index contributed by atoms with van der Waals surface area (Å²) >= 11 is 1.56. The van der Waals surface area contributed by atoms with Crippen molar-refractivity contribution in [2.24, 2.45) is 0 Å². The predicted molar refractivity (Wildman–Crippen MR) is 88.9 cm³/mol. The minimum absolute atomic E-state index is 0.261. The summed E-state index contributed by atoms with van der Waals surface area (Å²) in [5.74, 6) is -1.40. The molecule has 0 unspecified atom stereocenters. The maximum absolute atomic E-state index is 12.0. The smallest absolute Gasteiger partial charge is 0.338 e. The Morgan fingerprint density at radius 2 is 1.67 bits per heavy atom. The van der Waals surface area contributed by atoms with Crippen molar-refractivity contribution < 1.29 is 23.9 Å². The van der Waals surface area contributed by atoms with Crippen LogP contribution < -0.4 is 0 Å². The summed E-state index contributed by atoms with van der Waals surface area (Å²) in [5, 5.41) is 1.94. The molecule has 6 nitrogen and oxygen atoms in total. The van der Waals surface area contributed by atoms with Crippen molar-refractivity contribution in [3.63, 3.8) is 0 Å². The van der Waals surface area contributed by atoms with Crippen LogP contribution in [0.5, 0.6) is 0 Å². The van der Waals surface area contributed by atoms with Crippen molar-refractivity contribution in [2.45, 2.75) is 6.54 Å². The lowest BCUT2D eigenvalue weighted by Crippen LogP contribution is -2.30. The minimum Gasteiger partial charge on any atom is -0.465 e. The van der Waals surface area contributed by atoms with E-state index in [1.165, 1.54) is 36.3 Å². The maximum atomic E-state index is 12.0. The normalized spacial score (nSPS) is 10.1. The molecular formula is C17H17NO5S. The quantitative estimate of drug-likeness (QED) is 0.750. The Morgan fingerprint density at radius 1 is 1.04 bits per heavy atom. The first kappa shape index (κ1) is 17.7. The van der Waals surface area contributed by atoms with Gasteiger partial charge in [0.1, 0.15) is 0 Å². The third-order valence-corrected chi connectivity index (χ3v) is 4.13. The highest BCUT2D eigenvalue weighted by Crippen LogP contribution is 2.11. The van der Waals surface area contributed by atoms with Crippen LogP contribution in [0.15, 0.2) is 41.8 Å². The van der Waals surface area contributed by atoms with Gasteiger partial charge in [0.2, 0.25) is 0 Å². The molecule has 2 aromatic rings. The Balaban J connectivity index is 1.85. The monoisotopic (exact) mass is 347 g/mol. The molecule has 0 spiro atoms. The SMILES string of the molecule is COC(=O)c1ccc(C(=O)OCC(=O)N(C)Cc2cccs2)cc1. The van der Waals surface area contributed by atoms with Crippen LogP contribution in [0.4, 0.5) is 0 Å². The van der Waals surface area contributed by atoms with Crippen LogP contribution in [0.25, 0.3) is 0 Å². The van der Waals surface area contributed by atoms with E-state index in [0.717, 1.165) is 4.88 Å². The highest BCUT2D eigenvalue weighted by molar-refractivity contribution is 7.09. The molecule has 0 atom stereocenters. The van der Waals surface area contributed by atoms with E-state index in [1.807, 2.05) is 17.5 Å². The lowest BCUT2D eigenvalue weighted by molar-refractivity contribution is -0.133. The standard InChI is InChI=1S/C17H17NO5S/c1-18(10-14-4-3-9-24-14)15(19)11-23-17(21)13-7-5-12(6-8-13)16(20)22-2/h3-9H,10-11H2,1-2H3. The van der Waals surface area contributed by atoms with Gasteiger partial charge in [0.15, 0.2) is 6.61 Å². The van der Waals surface area contributed by atoms with Gasteiger partial charge in [-0.05, 0) is 35.7 Å². The average molecular weight is 347 g/mol. The molecule has 1 aromatic heterocycles. The molecular weight excluding hydrogens is 330 g/mol. The predicted octanol–water partition coefficient (Wildman–Crippen LogP) is 2.35. The van der Waals surface area contributed by atoms with Crippen molar-refractivity contribution >= 4 is 29.2 Å². The van der Waals surface area contributed by atoms with Crippen LogP contribution in [0.3, 0.4) is 0 Å². The third-order valence-electron chi connectivity index (χ3n) is 3.27. The molecule has 0 aliphatic carbocycles. The minimum atomic E-state index is -0.621. The number of nitrogens with zero attached hydrogens (tertiary/aromatic N) is 1. The summed E-state index contributed by atoms with van der Waals surface area (Å²) in [6.07, 6.45) is 0. The topological polar surface area (TPSA) is 72.9 Å². The second kappa shape index (κ2) is 8.26. The van der Waals surface area contributed by atoms with Crippen LogP contribution in [0, 0.1) is 0 Å². The van der Waals surface area contributed by atoms with Crippen molar-refractivity contribution in [2.75, 3.05) is 20.8 Å². The third kappa shape index (κ3) is 4.66. The zero-order valence-electron chi connectivity index (χ0n) is 13.4. The molecule has 0 aliphatic rings. The number of hydrogen-bond donors (Lipinski definition) is 0. The van der Waals surface area contributed by atoms with Gasteiger partial charge >= 0.3 is 11.9 Å². The first-order valence-electron chi connectivity index (χ1n) is 7.13. The van der Waals surface area contributed by atoms with Crippen LogP contribution in [0.2, 0.25) is 0 Å². The molecule has 126 valence electrons. The van der Waals surface area contributed by atoms with Crippen molar-refractivity contribution in [1.29, 1.82) is 0 Å². The van der Waals surface area contributed by atoms with E-state index in [4.69, 9.17) is 4.74 Å². The summed E-state index contributed by atoms with van der Waals surface area (Å²) in [7, 11) is 2.93. The molecule has 0 saturated carbocycles. The number of thiophene rings is 1. The maximum Gasteiger partial charge on any atom is 0.338 e. The summed E-state index contributed by atoms with van der Waals surface area (Å²) in [6, 6.07) is 9.68. The number of methoxy groups -OCH3 is 1. The highest BCUT2D eigenvalue weighted by Gasteiger charge is 2.15. The molecule has 0 radical (unpaired) electrons. The van der Waals surface area contributed by atoms with E-state index in [2.05, 4.69) is 4.74 Å². The molecule has 0 bridgehead atoms. The van der Waals surface area contributed by atoms with Gasteiger partial charge in [-0.2, -0.15) is 0 Å². The van der Waals surface area contributed by atoms with Gasteiger partial charge in [0, 0.05) is 11.9 Å². The van der Waals surface area contributed by atoms with E-state index in [1.54, 1.807) is 18.4 Å². The molecule has 1 heterocycles. The van der Waals surface area contributed by atoms with Gasteiger partial charge in [0.05, 0.1) is 24.8 Å². The molecule has 24 heavy (non-hydrogen) atoms. The molecule has 0 saturated heterocycles. The number of carbonyl (C=O) groups is 3. The van der Waals surface area contributed by atoms with Gasteiger partial charge < -0.3 is 14.4 Å². The first-order chi connectivity index (χ1) is 11.5. The Kier molecular flexibility index (Phi) is 6.08. The number of hydrogen-bond acceptors (Lipinski definition) is 6. The van der Waals surface area contributed by atoms with Crippen LogP contribution in [-0.2, 0) is 20.8 Å².